The molecule has 0 spiro atoms. The van der Waals surface area contributed by atoms with E-state index in [9.17, 15) is 8.42 Å². The summed E-state index contributed by atoms with van der Waals surface area (Å²) in [6, 6.07) is 16.0. The van der Waals surface area contributed by atoms with Gasteiger partial charge in [-0.1, -0.05) is 41.9 Å². The average Bonchev–Trinajstić information content (AvgIpc) is 2.63. The van der Waals surface area contributed by atoms with Crippen molar-refractivity contribution in [2.24, 2.45) is 0 Å². The van der Waals surface area contributed by atoms with Crippen LogP contribution in [0.4, 0.5) is 0 Å². The minimum absolute atomic E-state index is 0.0159. The number of nitrogens with one attached hydrogen (secondary N) is 2. The number of sulfonamides is 1. The molecule has 1 fully saturated rings. The van der Waals surface area contributed by atoms with Crippen molar-refractivity contribution in [1.82, 2.24) is 4.72 Å². The lowest BCUT2D eigenvalue weighted by Crippen LogP contribution is -3.15. The van der Waals surface area contributed by atoms with Crippen LogP contribution in [0, 0.1) is 0 Å². The number of rotatable bonds is 6. The summed E-state index contributed by atoms with van der Waals surface area (Å²) < 4.78 is 33.9. The molecule has 1 aliphatic heterocycles. The van der Waals surface area contributed by atoms with Crippen LogP contribution >= 0.6 is 11.6 Å². The van der Waals surface area contributed by atoms with Gasteiger partial charge >= 0.3 is 0 Å². The molecule has 2 atom stereocenters. The van der Waals surface area contributed by atoms with Crippen LogP contribution in [0.2, 0.25) is 5.02 Å². The zero-order chi connectivity index (χ0) is 18.6. The van der Waals surface area contributed by atoms with E-state index >= 15 is 0 Å². The molecule has 1 heterocycles. The Kier molecular flexibility index (Phi) is 6.32. The Hall–Kier alpha value is -1.44. The van der Waals surface area contributed by atoms with Gasteiger partial charge in [-0.2, -0.15) is 0 Å². The summed E-state index contributed by atoms with van der Waals surface area (Å²) in [7, 11) is -3.62. The molecule has 5 nitrogen and oxygen atoms in total. The zero-order valence-corrected chi connectivity index (χ0v) is 16.3. The second kappa shape index (κ2) is 8.50. The second-order valence-electron chi connectivity index (χ2n) is 6.52. The number of benzene rings is 2. The standard InChI is InChI=1S/C19H23ClN2O3S/c1-15(21-26(23,24)18-9-7-17(20)8-10-18)19(16-5-3-2-4-6-16)22-11-13-25-14-12-22/h2-10,15,19,21H,11-14H2,1H3/p+1/t15-,19-/m1/s1. The molecule has 0 unspecified atom stereocenters. The number of morpholine rings is 1. The third-order valence-electron chi connectivity index (χ3n) is 4.70. The van der Waals surface area contributed by atoms with Crippen molar-refractivity contribution in [2.45, 2.75) is 23.9 Å². The van der Waals surface area contributed by atoms with Gasteiger partial charge in [0.15, 0.2) is 0 Å². The van der Waals surface area contributed by atoms with Crippen LogP contribution < -0.4 is 9.62 Å². The molecule has 0 aliphatic carbocycles. The third kappa shape index (κ3) is 4.64. The third-order valence-corrected chi connectivity index (χ3v) is 6.53. The molecule has 2 aromatic carbocycles. The van der Waals surface area contributed by atoms with Crippen LogP contribution in [0.15, 0.2) is 59.5 Å². The summed E-state index contributed by atoms with van der Waals surface area (Å²) in [4.78, 5) is 1.55. The SMILES string of the molecule is C[C@@H](NS(=O)(=O)c1ccc(Cl)cc1)[C@H](c1ccccc1)[NH+]1CCOCC1. The van der Waals surface area contributed by atoms with E-state index < -0.39 is 10.0 Å². The van der Waals surface area contributed by atoms with E-state index in [1.54, 1.807) is 12.1 Å². The maximum Gasteiger partial charge on any atom is 0.241 e. The van der Waals surface area contributed by atoms with Gasteiger partial charge in [0.1, 0.15) is 19.1 Å². The minimum Gasteiger partial charge on any atom is -0.370 e. The van der Waals surface area contributed by atoms with Crippen molar-refractivity contribution in [1.29, 1.82) is 0 Å². The van der Waals surface area contributed by atoms with Crippen LogP contribution in [0.3, 0.4) is 0 Å². The van der Waals surface area contributed by atoms with Gasteiger partial charge in [-0.3, -0.25) is 0 Å². The highest BCUT2D eigenvalue weighted by molar-refractivity contribution is 7.89. The van der Waals surface area contributed by atoms with Gasteiger partial charge in [0.25, 0.3) is 0 Å². The molecule has 0 aromatic heterocycles. The minimum atomic E-state index is -3.62. The van der Waals surface area contributed by atoms with Crippen LogP contribution in [0.1, 0.15) is 18.5 Å². The van der Waals surface area contributed by atoms with E-state index in [1.165, 1.54) is 17.0 Å². The van der Waals surface area contributed by atoms with Crippen molar-refractivity contribution in [3.63, 3.8) is 0 Å². The summed E-state index contributed by atoms with van der Waals surface area (Å²) in [5.41, 5.74) is 1.12. The number of hydrogen-bond acceptors (Lipinski definition) is 3. The van der Waals surface area contributed by atoms with Crippen molar-refractivity contribution < 1.29 is 18.1 Å². The monoisotopic (exact) mass is 395 g/mol. The first-order valence-electron chi connectivity index (χ1n) is 8.72. The Morgan fingerprint density at radius 2 is 1.65 bits per heavy atom. The average molecular weight is 396 g/mol. The van der Waals surface area contributed by atoms with E-state index in [4.69, 9.17) is 16.3 Å². The highest BCUT2D eigenvalue weighted by Gasteiger charge is 2.33. The van der Waals surface area contributed by atoms with E-state index in [1.807, 2.05) is 25.1 Å². The van der Waals surface area contributed by atoms with Crippen LogP contribution in [0.5, 0.6) is 0 Å². The first-order chi connectivity index (χ1) is 12.5. The molecular formula is C19H24ClN2O3S+. The number of hydrogen-bond donors (Lipinski definition) is 2. The Balaban J connectivity index is 1.85. The maximum absolute atomic E-state index is 12.8. The molecule has 2 N–H and O–H groups in total. The van der Waals surface area contributed by atoms with Gasteiger partial charge in [0, 0.05) is 10.6 Å². The van der Waals surface area contributed by atoms with E-state index in [0.717, 1.165) is 18.7 Å². The Morgan fingerprint density at radius 3 is 2.27 bits per heavy atom. The Labute approximate surface area is 160 Å². The van der Waals surface area contributed by atoms with Crippen LogP contribution in [0.25, 0.3) is 0 Å². The lowest BCUT2D eigenvalue weighted by molar-refractivity contribution is -0.940. The second-order valence-corrected chi connectivity index (χ2v) is 8.67. The van der Waals surface area contributed by atoms with E-state index in [2.05, 4.69) is 16.9 Å². The lowest BCUT2D eigenvalue weighted by Gasteiger charge is -2.35. The quantitative estimate of drug-likeness (QED) is 0.782. The van der Waals surface area contributed by atoms with E-state index in [0.29, 0.717) is 18.2 Å². The summed E-state index contributed by atoms with van der Waals surface area (Å²) in [5, 5.41) is 0.511. The molecule has 0 amide bonds. The topological polar surface area (TPSA) is 59.8 Å². The molecule has 140 valence electrons. The van der Waals surface area contributed by atoms with Crippen LogP contribution in [-0.4, -0.2) is 40.8 Å². The van der Waals surface area contributed by atoms with Gasteiger partial charge in [0.05, 0.1) is 24.2 Å². The molecule has 7 heteroatoms. The molecule has 2 aromatic rings. The fourth-order valence-electron chi connectivity index (χ4n) is 3.48. The van der Waals surface area contributed by atoms with Crippen LogP contribution in [-0.2, 0) is 14.8 Å². The van der Waals surface area contributed by atoms with Gasteiger partial charge in [-0.05, 0) is 31.2 Å². The molecule has 0 bridgehead atoms. The van der Waals surface area contributed by atoms with E-state index in [-0.39, 0.29) is 17.0 Å². The number of ether oxygens (including phenoxy) is 1. The zero-order valence-electron chi connectivity index (χ0n) is 14.7. The van der Waals surface area contributed by atoms with Gasteiger partial charge in [0.2, 0.25) is 10.0 Å². The van der Waals surface area contributed by atoms with Gasteiger partial charge in [-0.15, -0.1) is 0 Å². The molecule has 0 saturated carbocycles. The smallest absolute Gasteiger partial charge is 0.241 e. The van der Waals surface area contributed by atoms with Gasteiger partial charge < -0.3 is 9.64 Å². The highest BCUT2D eigenvalue weighted by Crippen LogP contribution is 2.18. The lowest BCUT2D eigenvalue weighted by atomic mass is 9.99. The predicted octanol–water partition coefficient (Wildman–Crippen LogP) is 1.66. The molecule has 3 rings (SSSR count). The number of quaternary nitrogens is 1. The first-order valence-corrected chi connectivity index (χ1v) is 10.6. The molecular weight excluding hydrogens is 372 g/mol. The fraction of sp³-hybridized carbons (Fsp3) is 0.368. The summed E-state index contributed by atoms with van der Waals surface area (Å²) >= 11 is 5.87. The normalized spacial score (nSPS) is 18.4. The van der Waals surface area contributed by atoms with Crippen molar-refractivity contribution >= 4 is 21.6 Å². The fourth-order valence-corrected chi connectivity index (χ4v) is 4.86. The molecule has 26 heavy (non-hydrogen) atoms. The van der Waals surface area contributed by atoms with Gasteiger partial charge in [-0.25, -0.2) is 13.1 Å². The largest absolute Gasteiger partial charge is 0.370 e. The Morgan fingerprint density at radius 1 is 1.04 bits per heavy atom. The predicted molar refractivity (Wildman–Crippen MR) is 102 cm³/mol. The van der Waals surface area contributed by atoms with Crippen molar-refractivity contribution in [3.05, 3.63) is 65.2 Å². The highest BCUT2D eigenvalue weighted by atomic mass is 35.5. The molecule has 1 aliphatic rings. The maximum atomic E-state index is 12.8. The van der Waals surface area contributed by atoms with Crippen molar-refractivity contribution in [2.75, 3.05) is 26.3 Å². The number of halogens is 1. The summed E-state index contributed by atoms with van der Waals surface area (Å²) in [5.74, 6) is 0. The van der Waals surface area contributed by atoms with Crippen molar-refractivity contribution in [3.8, 4) is 0 Å². The summed E-state index contributed by atoms with van der Waals surface area (Å²) in [6.45, 7) is 5.01. The molecule has 0 radical (unpaired) electrons. The Bertz CT molecular complexity index is 806. The first kappa shape index (κ1) is 19.3. The molecule has 1 saturated heterocycles. The summed E-state index contributed by atoms with van der Waals surface area (Å²) in [6.07, 6.45) is 0.